The van der Waals surface area contributed by atoms with Crippen molar-refractivity contribution < 1.29 is 4.79 Å². The zero-order chi connectivity index (χ0) is 14.5. The van der Waals surface area contributed by atoms with Crippen molar-refractivity contribution in [2.75, 3.05) is 10.7 Å². The predicted molar refractivity (Wildman–Crippen MR) is 80.6 cm³/mol. The lowest BCUT2D eigenvalue weighted by Gasteiger charge is -2.14. The largest absolute Gasteiger partial charge is 0.322 e. The van der Waals surface area contributed by atoms with Crippen LogP contribution in [0, 0.1) is 6.92 Å². The molecule has 1 aromatic carbocycles. The Labute approximate surface area is 118 Å². The molecule has 0 saturated carbocycles. The van der Waals surface area contributed by atoms with Gasteiger partial charge in [-0.05, 0) is 30.5 Å². The molecule has 0 unspecified atom stereocenters. The number of hydrazine groups is 1. The first-order valence-corrected chi connectivity index (χ1v) is 6.47. The molecule has 0 radical (unpaired) electrons. The molecule has 20 heavy (non-hydrogen) atoms. The summed E-state index contributed by atoms with van der Waals surface area (Å²) in [5.41, 5.74) is 6.45. The van der Waals surface area contributed by atoms with E-state index in [0.717, 1.165) is 23.2 Å². The third-order valence-electron chi connectivity index (χ3n) is 3.20. The lowest BCUT2D eigenvalue weighted by molar-refractivity contribution is 0.102. The molecule has 104 valence electrons. The van der Waals surface area contributed by atoms with E-state index in [-0.39, 0.29) is 5.91 Å². The number of anilines is 2. The Bertz CT molecular complexity index is 625. The lowest BCUT2D eigenvalue weighted by Crippen LogP contribution is -2.18. The van der Waals surface area contributed by atoms with Gasteiger partial charge in [0.25, 0.3) is 5.91 Å². The molecule has 0 bridgehead atoms. The smallest absolute Gasteiger partial charge is 0.257 e. The number of carbonyl (C=O) groups excluding carboxylic acids is 1. The Morgan fingerprint density at radius 1 is 1.35 bits per heavy atom. The summed E-state index contributed by atoms with van der Waals surface area (Å²) in [6.07, 6.45) is 3.94. The molecule has 0 aliphatic heterocycles. The van der Waals surface area contributed by atoms with Crippen LogP contribution < -0.4 is 16.6 Å². The molecular formula is C15H18N4O. The van der Waals surface area contributed by atoms with Gasteiger partial charge in [-0.15, -0.1) is 0 Å². The Kier molecular flexibility index (Phi) is 4.32. The highest BCUT2D eigenvalue weighted by molar-refractivity contribution is 6.08. The van der Waals surface area contributed by atoms with Crippen molar-refractivity contribution in [1.29, 1.82) is 0 Å². The van der Waals surface area contributed by atoms with Crippen LogP contribution >= 0.6 is 0 Å². The zero-order valence-electron chi connectivity index (χ0n) is 11.6. The van der Waals surface area contributed by atoms with Crippen LogP contribution in [-0.2, 0) is 6.42 Å². The van der Waals surface area contributed by atoms with Crippen LogP contribution in [-0.4, -0.2) is 10.9 Å². The van der Waals surface area contributed by atoms with E-state index in [9.17, 15) is 4.79 Å². The van der Waals surface area contributed by atoms with Gasteiger partial charge < -0.3 is 10.7 Å². The van der Waals surface area contributed by atoms with E-state index in [1.807, 2.05) is 25.1 Å². The Morgan fingerprint density at radius 3 is 2.85 bits per heavy atom. The molecule has 0 spiro atoms. The zero-order valence-corrected chi connectivity index (χ0v) is 11.6. The molecule has 1 amide bonds. The number of nitrogen functional groups attached to an aromatic ring is 1. The molecule has 0 aliphatic carbocycles. The normalized spacial score (nSPS) is 10.2. The molecule has 2 rings (SSSR count). The van der Waals surface area contributed by atoms with Crippen LogP contribution in [0.25, 0.3) is 0 Å². The van der Waals surface area contributed by atoms with E-state index in [0.29, 0.717) is 11.3 Å². The van der Waals surface area contributed by atoms with Crippen molar-refractivity contribution in [3.8, 4) is 0 Å². The average Bonchev–Trinajstić information content (AvgIpc) is 2.49. The fourth-order valence-electron chi connectivity index (χ4n) is 2.09. The topological polar surface area (TPSA) is 80.0 Å². The van der Waals surface area contributed by atoms with Crippen LogP contribution in [0.3, 0.4) is 0 Å². The SMILES string of the molecule is CCc1cccc(C)c1NC(=O)c1ccncc1NN. The summed E-state index contributed by atoms with van der Waals surface area (Å²) in [6.45, 7) is 4.03. The van der Waals surface area contributed by atoms with Crippen molar-refractivity contribution in [2.45, 2.75) is 20.3 Å². The summed E-state index contributed by atoms with van der Waals surface area (Å²) in [7, 11) is 0. The van der Waals surface area contributed by atoms with Gasteiger partial charge in [0.15, 0.2) is 0 Å². The summed E-state index contributed by atoms with van der Waals surface area (Å²) in [5, 5.41) is 2.96. The van der Waals surface area contributed by atoms with Crippen LogP contribution in [0.2, 0.25) is 0 Å². The highest BCUT2D eigenvalue weighted by Crippen LogP contribution is 2.23. The van der Waals surface area contributed by atoms with Crippen molar-refractivity contribution in [2.24, 2.45) is 5.84 Å². The number of para-hydroxylation sites is 1. The second-order valence-corrected chi connectivity index (χ2v) is 4.48. The summed E-state index contributed by atoms with van der Waals surface area (Å²) >= 11 is 0. The maximum absolute atomic E-state index is 12.4. The van der Waals surface area contributed by atoms with Gasteiger partial charge in [0.1, 0.15) is 0 Å². The minimum atomic E-state index is -0.204. The predicted octanol–water partition coefficient (Wildman–Crippen LogP) is 2.49. The second kappa shape index (κ2) is 6.16. The van der Waals surface area contributed by atoms with Crippen molar-refractivity contribution in [1.82, 2.24) is 4.98 Å². The maximum Gasteiger partial charge on any atom is 0.257 e. The number of benzene rings is 1. The molecule has 0 atom stereocenters. The number of nitrogens with one attached hydrogen (secondary N) is 2. The third-order valence-corrected chi connectivity index (χ3v) is 3.20. The average molecular weight is 270 g/mol. The minimum absolute atomic E-state index is 0.204. The molecule has 4 N–H and O–H groups in total. The molecule has 0 fully saturated rings. The van der Waals surface area contributed by atoms with Crippen molar-refractivity contribution in [3.63, 3.8) is 0 Å². The van der Waals surface area contributed by atoms with Gasteiger partial charge in [-0.1, -0.05) is 25.1 Å². The molecule has 2 aromatic rings. The lowest BCUT2D eigenvalue weighted by atomic mass is 10.1. The van der Waals surface area contributed by atoms with Gasteiger partial charge in [0, 0.05) is 11.9 Å². The standard InChI is InChI=1S/C15H18N4O/c1-3-11-6-4-5-10(2)14(11)18-15(20)12-7-8-17-9-13(12)19-16/h4-9,19H,3,16H2,1-2H3,(H,18,20). The van der Waals surface area contributed by atoms with Gasteiger partial charge in [-0.25, -0.2) is 0 Å². The fourth-order valence-corrected chi connectivity index (χ4v) is 2.09. The first-order valence-electron chi connectivity index (χ1n) is 6.47. The second-order valence-electron chi connectivity index (χ2n) is 4.48. The van der Waals surface area contributed by atoms with Crippen molar-refractivity contribution in [3.05, 3.63) is 53.3 Å². The summed E-state index contributed by atoms with van der Waals surface area (Å²) in [6, 6.07) is 7.61. The van der Waals surface area contributed by atoms with Gasteiger partial charge in [0.05, 0.1) is 17.4 Å². The number of hydrogen-bond donors (Lipinski definition) is 3. The molecule has 1 heterocycles. The molecular weight excluding hydrogens is 252 g/mol. The summed E-state index contributed by atoms with van der Waals surface area (Å²) in [4.78, 5) is 16.3. The molecule has 0 saturated heterocycles. The van der Waals surface area contributed by atoms with Gasteiger partial charge >= 0.3 is 0 Å². The highest BCUT2D eigenvalue weighted by Gasteiger charge is 2.13. The fraction of sp³-hybridized carbons (Fsp3) is 0.200. The van der Waals surface area contributed by atoms with Crippen LogP contribution in [0.4, 0.5) is 11.4 Å². The highest BCUT2D eigenvalue weighted by atomic mass is 16.1. The Morgan fingerprint density at radius 2 is 2.15 bits per heavy atom. The monoisotopic (exact) mass is 270 g/mol. The number of aromatic nitrogens is 1. The van der Waals surface area contributed by atoms with E-state index in [2.05, 4.69) is 22.7 Å². The number of nitrogens with zero attached hydrogens (tertiary/aromatic N) is 1. The first-order chi connectivity index (χ1) is 9.67. The van der Waals surface area contributed by atoms with Gasteiger partial charge in [-0.2, -0.15) is 0 Å². The van der Waals surface area contributed by atoms with Gasteiger partial charge in [-0.3, -0.25) is 15.6 Å². The maximum atomic E-state index is 12.4. The third kappa shape index (κ3) is 2.78. The summed E-state index contributed by atoms with van der Waals surface area (Å²) in [5.74, 6) is 5.19. The minimum Gasteiger partial charge on any atom is -0.322 e. The van der Waals surface area contributed by atoms with Crippen LogP contribution in [0.1, 0.15) is 28.4 Å². The Hall–Kier alpha value is -2.40. The summed E-state index contributed by atoms with van der Waals surface area (Å²) < 4.78 is 0. The number of pyridine rings is 1. The van der Waals surface area contributed by atoms with Crippen molar-refractivity contribution >= 4 is 17.3 Å². The molecule has 0 aliphatic rings. The number of nitrogens with two attached hydrogens (primary N) is 1. The van der Waals surface area contributed by atoms with E-state index in [4.69, 9.17) is 5.84 Å². The van der Waals surface area contributed by atoms with E-state index in [1.165, 1.54) is 6.20 Å². The van der Waals surface area contributed by atoms with E-state index >= 15 is 0 Å². The number of amides is 1. The molecule has 5 nitrogen and oxygen atoms in total. The quantitative estimate of drug-likeness (QED) is 0.589. The molecule has 1 aromatic heterocycles. The molecule has 5 heteroatoms. The van der Waals surface area contributed by atoms with Gasteiger partial charge in [0.2, 0.25) is 0 Å². The first kappa shape index (κ1) is 14.0. The number of aryl methyl sites for hydroxylation is 2. The number of hydrogen-bond acceptors (Lipinski definition) is 4. The number of rotatable bonds is 4. The van der Waals surface area contributed by atoms with Crippen LogP contribution in [0.5, 0.6) is 0 Å². The Balaban J connectivity index is 2.33. The van der Waals surface area contributed by atoms with E-state index < -0.39 is 0 Å². The van der Waals surface area contributed by atoms with Crippen LogP contribution in [0.15, 0.2) is 36.7 Å². The number of carbonyl (C=O) groups is 1. The van der Waals surface area contributed by atoms with E-state index in [1.54, 1.807) is 12.3 Å².